The van der Waals surface area contributed by atoms with E-state index in [2.05, 4.69) is 72.2 Å². The summed E-state index contributed by atoms with van der Waals surface area (Å²) in [6, 6.07) is 24.6. The molecule has 2 N–H and O–H groups in total. The van der Waals surface area contributed by atoms with Gasteiger partial charge in [-0.3, -0.25) is 0 Å². The molecule has 7 nitrogen and oxygen atoms in total. The standard InChI is InChI=1S/C25H16Br3N5O2S2/c26-18-7-1-15(2-8-18)21-13-22(16-3-9-19(27)10-4-16)30-24(29-21)32-37(34,35)33-25-31-23(14-36-25)17-5-11-20(28)12-6-17/h1-14H,(H,31,33)(H,29,30,32). The van der Waals surface area contributed by atoms with Gasteiger partial charge in [-0.25, -0.2) is 24.4 Å². The Kier molecular flexibility index (Phi) is 7.72. The maximum atomic E-state index is 13.0. The lowest BCUT2D eigenvalue weighted by atomic mass is 10.1. The first-order chi connectivity index (χ1) is 17.7. The van der Waals surface area contributed by atoms with Gasteiger partial charge in [0.2, 0.25) is 5.95 Å². The monoisotopic (exact) mass is 719 g/mol. The van der Waals surface area contributed by atoms with Crippen molar-refractivity contribution in [1.29, 1.82) is 0 Å². The highest BCUT2D eigenvalue weighted by Gasteiger charge is 2.17. The molecule has 0 radical (unpaired) electrons. The van der Waals surface area contributed by atoms with Gasteiger partial charge in [-0.2, -0.15) is 8.42 Å². The summed E-state index contributed by atoms with van der Waals surface area (Å²) >= 11 is 11.5. The number of nitrogens with zero attached hydrogens (tertiary/aromatic N) is 3. The van der Waals surface area contributed by atoms with E-state index in [0.717, 1.165) is 30.1 Å². The van der Waals surface area contributed by atoms with Gasteiger partial charge >= 0.3 is 10.2 Å². The van der Waals surface area contributed by atoms with E-state index in [-0.39, 0.29) is 11.1 Å². The van der Waals surface area contributed by atoms with Crippen molar-refractivity contribution in [3.05, 3.63) is 97.7 Å². The number of halogens is 3. The molecule has 2 aromatic heterocycles. The van der Waals surface area contributed by atoms with E-state index in [9.17, 15) is 8.42 Å². The van der Waals surface area contributed by atoms with Gasteiger partial charge in [0.15, 0.2) is 5.13 Å². The van der Waals surface area contributed by atoms with Crippen molar-refractivity contribution in [3.63, 3.8) is 0 Å². The molecule has 12 heteroatoms. The molecular weight excluding hydrogens is 706 g/mol. The number of anilines is 2. The molecule has 0 spiro atoms. The number of rotatable bonds is 7. The van der Waals surface area contributed by atoms with E-state index in [0.29, 0.717) is 17.1 Å². The van der Waals surface area contributed by atoms with Crippen molar-refractivity contribution in [2.24, 2.45) is 0 Å². The third-order valence-corrected chi connectivity index (χ3v) is 8.48. The van der Waals surface area contributed by atoms with Crippen LogP contribution in [0.3, 0.4) is 0 Å². The first-order valence-electron chi connectivity index (χ1n) is 10.7. The number of hydrogen-bond acceptors (Lipinski definition) is 6. The molecule has 0 bridgehead atoms. The Morgan fingerprint density at radius 2 is 1.03 bits per heavy atom. The van der Waals surface area contributed by atoms with Crippen molar-refractivity contribution >= 4 is 80.4 Å². The zero-order valence-corrected chi connectivity index (χ0v) is 25.1. The highest BCUT2D eigenvalue weighted by Crippen LogP contribution is 2.29. The predicted molar refractivity (Wildman–Crippen MR) is 160 cm³/mol. The zero-order chi connectivity index (χ0) is 26.0. The maximum Gasteiger partial charge on any atom is 0.325 e. The van der Waals surface area contributed by atoms with E-state index >= 15 is 0 Å². The molecular formula is C25H16Br3N5O2S2. The molecule has 2 heterocycles. The number of benzene rings is 3. The zero-order valence-electron chi connectivity index (χ0n) is 18.7. The molecule has 0 saturated heterocycles. The molecule has 0 amide bonds. The van der Waals surface area contributed by atoms with Gasteiger partial charge in [0.25, 0.3) is 0 Å². The second-order valence-corrected chi connectivity index (χ2v) is 12.7. The lowest BCUT2D eigenvalue weighted by Crippen LogP contribution is -2.23. The summed E-state index contributed by atoms with van der Waals surface area (Å²) in [5.41, 5.74) is 4.33. The van der Waals surface area contributed by atoms with Gasteiger partial charge < -0.3 is 0 Å². The molecule has 5 rings (SSSR count). The van der Waals surface area contributed by atoms with Crippen LogP contribution in [0.2, 0.25) is 0 Å². The van der Waals surface area contributed by atoms with Crippen LogP contribution >= 0.6 is 59.1 Å². The fraction of sp³-hybridized carbons (Fsp3) is 0. The van der Waals surface area contributed by atoms with Crippen LogP contribution in [0.25, 0.3) is 33.8 Å². The van der Waals surface area contributed by atoms with E-state index < -0.39 is 10.2 Å². The summed E-state index contributed by atoms with van der Waals surface area (Å²) in [7, 11) is -4.07. The van der Waals surface area contributed by atoms with Crippen LogP contribution < -0.4 is 9.44 Å². The van der Waals surface area contributed by atoms with Crippen LogP contribution in [0.5, 0.6) is 0 Å². The third kappa shape index (κ3) is 6.63. The minimum Gasteiger partial charge on any atom is -0.241 e. The van der Waals surface area contributed by atoms with Crippen LogP contribution in [0.4, 0.5) is 11.1 Å². The second-order valence-electron chi connectivity index (χ2n) is 7.73. The maximum absolute atomic E-state index is 13.0. The molecule has 5 aromatic rings. The number of thiazole rings is 1. The first-order valence-corrected chi connectivity index (χ1v) is 15.4. The minimum absolute atomic E-state index is 0.0597. The lowest BCUT2D eigenvalue weighted by Gasteiger charge is -2.11. The smallest absolute Gasteiger partial charge is 0.241 e. The molecule has 3 aromatic carbocycles. The van der Waals surface area contributed by atoms with E-state index in [1.807, 2.05) is 78.9 Å². The minimum atomic E-state index is -4.07. The van der Waals surface area contributed by atoms with Crippen molar-refractivity contribution in [3.8, 4) is 33.8 Å². The summed E-state index contributed by atoms with van der Waals surface area (Å²) < 4.78 is 33.7. The molecule has 0 fully saturated rings. The summed E-state index contributed by atoms with van der Waals surface area (Å²) in [6.45, 7) is 0. The largest absolute Gasteiger partial charge is 0.325 e. The average Bonchev–Trinajstić information content (AvgIpc) is 3.32. The predicted octanol–water partition coefficient (Wildman–Crippen LogP) is 7.99. The van der Waals surface area contributed by atoms with Crippen molar-refractivity contribution in [2.45, 2.75) is 0 Å². The molecule has 0 atom stereocenters. The van der Waals surface area contributed by atoms with Gasteiger partial charge in [-0.1, -0.05) is 84.2 Å². The summed E-state index contributed by atoms with van der Waals surface area (Å²) in [4.78, 5) is 13.4. The fourth-order valence-corrected chi connectivity index (χ4v) is 5.90. The van der Waals surface area contributed by atoms with Gasteiger partial charge in [0.05, 0.1) is 17.1 Å². The number of aromatic nitrogens is 3. The molecule has 0 aliphatic carbocycles. The Bertz CT molecular complexity index is 1590. The van der Waals surface area contributed by atoms with Crippen LogP contribution in [-0.2, 0) is 10.2 Å². The van der Waals surface area contributed by atoms with Crippen LogP contribution in [0, 0.1) is 0 Å². The highest BCUT2D eigenvalue weighted by molar-refractivity contribution is 9.11. The summed E-state index contributed by atoms with van der Waals surface area (Å²) in [6.07, 6.45) is 0. The van der Waals surface area contributed by atoms with Crippen LogP contribution in [-0.4, -0.2) is 23.4 Å². The fourth-order valence-electron chi connectivity index (χ4n) is 3.36. The molecule has 0 unspecified atom stereocenters. The quantitative estimate of drug-likeness (QED) is 0.178. The Morgan fingerprint density at radius 1 is 0.595 bits per heavy atom. The Morgan fingerprint density at radius 3 is 1.49 bits per heavy atom. The molecule has 0 aliphatic rings. The first kappa shape index (κ1) is 26.0. The average molecular weight is 722 g/mol. The van der Waals surface area contributed by atoms with Crippen molar-refractivity contribution in [2.75, 3.05) is 9.44 Å². The highest BCUT2D eigenvalue weighted by atomic mass is 79.9. The van der Waals surface area contributed by atoms with Gasteiger partial charge in [-0.05, 0) is 42.5 Å². The van der Waals surface area contributed by atoms with Gasteiger partial charge in [0, 0.05) is 35.5 Å². The topological polar surface area (TPSA) is 96.9 Å². The van der Waals surface area contributed by atoms with Gasteiger partial charge in [0.1, 0.15) is 0 Å². The second kappa shape index (κ2) is 11.0. The SMILES string of the molecule is O=S(=O)(Nc1nc(-c2ccc(Br)cc2)cc(-c2ccc(Br)cc2)n1)Nc1nc(-c2ccc(Br)cc2)cs1. The van der Waals surface area contributed by atoms with Crippen LogP contribution in [0.1, 0.15) is 0 Å². The lowest BCUT2D eigenvalue weighted by molar-refractivity contribution is 0.605. The Hall–Kier alpha value is -2.64. The van der Waals surface area contributed by atoms with Crippen LogP contribution in [0.15, 0.2) is 97.7 Å². The summed E-state index contributed by atoms with van der Waals surface area (Å²) in [5.74, 6) is -0.0597. The summed E-state index contributed by atoms with van der Waals surface area (Å²) in [5, 5.41) is 2.01. The Balaban J connectivity index is 1.44. The normalized spacial score (nSPS) is 11.3. The van der Waals surface area contributed by atoms with Crippen molar-refractivity contribution < 1.29 is 8.42 Å². The number of hydrogen-bond donors (Lipinski definition) is 2. The van der Waals surface area contributed by atoms with Gasteiger partial charge in [-0.15, -0.1) is 11.3 Å². The molecule has 37 heavy (non-hydrogen) atoms. The number of nitrogens with one attached hydrogen (secondary N) is 2. The van der Waals surface area contributed by atoms with Crippen molar-refractivity contribution in [1.82, 2.24) is 15.0 Å². The molecule has 186 valence electrons. The van der Waals surface area contributed by atoms with E-state index in [1.54, 1.807) is 5.38 Å². The van der Waals surface area contributed by atoms with E-state index in [4.69, 9.17) is 0 Å². The Labute approximate surface area is 243 Å². The molecule has 0 aliphatic heterocycles. The molecule has 0 saturated carbocycles. The van der Waals surface area contributed by atoms with E-state index in [1.165, 1.54) is 11.3 Å². The third-order valence-electron chi connectivity index (χ3n) is 5.10.